The Morgan fingerprint density at radius 1 is 0.917 bits per heavy atom. The van der Waals surface area contributed by atoms with Crippen molar-refractivity contribution in [2.75, 3.05) is 19.8 Å². The van der Waals surface area contributed by atoms with E-state index in [0.717, 1.165) is 38.5 Å². The monoisotopic (exact) mass is 677 g/mol. The highest BCUT2D eigenvalue weighted by Gasteiger charge is 2.47. The van der Waals surface area contributed by atoms with E-state index in [9.17, 15) is 28.8 Å². The minimum Gasteiger partial charge on any atom is -0.434 e. The third-order valence-electron chi connectivity index (χ3n) is 10.1. The van der Waals surface area contributed by atoms with Gasteiger partial charge in [-0.15, -0.1) is 0 Å². The van der Waals surface area contributed by atoms with E-state index in [-0.39, 0.29) is 36.9 Å². The first kappa shape index (κ1) is 39.1. The van der Waals surface area contributed by atoms with Crippen molar-refractivity contribution in [3.05, 3.63) is 0 Å². The van der Waals surface area contributed by atoms with Crippen LogP contribution in [0.2, 0.25) is 0 Å². The van der Waals surface area contributed by atoms with Crippen LogP contribution in [0.15, 0.2) is 0 Å². The number of nitrogens with two attached hydrogens (primary N) is 1. The van der Waals surface area contributed by atoms with Gasteiger partial charge in [0.15, 0.2) is 0 Å². The smallest absolute Gasteiger partial charge is 0.434 e. The quantitative estimate of drug-likeness (QED) is 0.158. The molecular weight excluding hydrogens is 618 g/mol. The summed E-state index contributed by atoms with van der Waals surface area (Å²) in [4.78, 5) is 80.1. The van der Waals surface area contributed by atoms with E-state index in [1.54, 1.807) is 0 Å². The Morgan fingerprint density at radius 2 is 1.56 bits per heavy atom. The Bertz CT molecular complexity index is 1170. The zero-order valence-corrected chi connectivity index (χ0v) is 30.0. The molecule has 0 bridgehead atoms. The molecule has 48 heavy (non-hydrogen) atoms. The van der Waals surface area contributed by atoms with Gasteiger partial charge in [-0.05, 0) is 54.8 Å². The SMILES string of the molecule is CC(C)COC(=O)OCC1(NC(=O)NC(C(=O)N2C[C@H](C(C)C)CC2C(=O)NC(CC2CCC2)C(=O)C(N)=O)C(C)(C)C)CCCCC1. The van der Waals surface area contributed by atoms with Gasteiger partial charge in [0.25, 0.3) is 5.91 Å². The van der Waals surface area contributed by atoms with Crippen LogP contribution in [0.1, 0.15) is 113 Å². The molecule has 0 aromatic carbocycles. The number of hydrogen-bond donors (Lipinski definition) is 4. The van der Waals surface area contributed by atoms with Gasteiger partial charge in [0.2, 0.25) is 17.6 Å². The van der Waals surface area contributed by atoms with Gasteiger partial charge in [0.05, 0.1) is 18.2 Å². The number of ether oxygens (including phenoxy) is 2. The summed E-state index contributed by atoms with van der Waals surface area (Å²) in [6.45, 7) is 13.9. The molecule has 272 valence electrons. The van der Waals surface area contributed by atoms with Gasteiger partial charge in [-0.25, -0.2) is 9.59 Å². The molecule has 2 aliphatic carbocycles. The van der Waals surface area contributed by atoms with Crippen LogP contribution in [0.4, 0.5) is 9.59 Å². The van der Waals surface area contributed by atoms with E-state index in [4.69, 9.17) is 15.2 Å². The molecule has 1 heterocycles. The van der Waals surface area contributed by atoms with Crippen molar-refractivity contribution in [1.29, 1.82) is 0 Å². The molecule has 13 nitrogen and oxygen atoms in total. The molecule has 0 aromatic heterocycles. The number of Topliss-reactive ketones (excluding diaryl/α,β-unsaturated/α-hetero) is 1. The van der Waals surface area contributed by atoms with E-state index in [2.05, 4.69) is 16.0 Å². The number of ketones is 1. The number of carbonyl (C=O) groups excluding carboxylic acids is 6. The lowest BCUT2D eigenvalue weighted by Gasteiger charge is -2.39. The number of urea groups is 1. The maximum absolute atomic E-state index is 14.4. The Balaban J connectivity index is 1.78. The molecule has 1 aliphatic heterocycles. The lowest BCUT2D eigenvalue weighted by molar-refractivity contribution is -0.143. The van der Waals surface area contributed by atoms with Crippen molar-refractivity contribution in [2.45, 2.75) is 136 Å². The van der Waals surface area contributed by atoms with Crippen molar-refractivity contribution in [2.24, 2.45) is 34.8 Å². The van der Waals surface area contributed by atoms with Crippen molar-refractivity contribution >= 4 is 35.7 Å². The van der Waals surface area contributed by atoms with Crippen LogP contribution < -0.4 is 21.7 Å². The molecule has 3 unspecified atom stereocenters. The molecule has 4 atom stereocenters. The van der Waals surface area contributed by atoms with E-state index >= 15 is 0 Å². The third kappa shape index (κ3) is 10.8. The van der Waals surface area contributed by atoms with Gasteiger partial charge in [-0.3, -0.25) is 19.2 Å². The van der Waals surface area contributed by atoms with Gasteiger partial charge in [0.1, 0.15) is 18.7 Å². The summed E-state index contributed by atoms with van der Waals surface area (Å²) in [5.74, 6) is -2.32. The summed E-state index contributed by atoms with van der Waals surface area (Å²) in [5.41, 5.74) is 3.77. The number of nitrogens with one attached hydrogen (secondary N) is 3. The molecule has 0 radical (unpaired) electrons. The topological polar surface area (TPSA) is 186 Å². The molecule has 1 saturated heterocycles. The van der Waals surface area contributed by atoms with Crippen LogP contribution in [0, 0.1) is 29.1 Å². The van der Waals surface area contributed by atoms with E-state index in [1.807, 2.05) is 48.5 Å². The maximum atomic E-state index is 14.4. The molecule has 5 N–H and O–H groups in total. The molecule has 0 spiro atoms. The van der Waals surface area contributed by atoms with Gasteiger partial charge in [0, 0.05) is 6.54 Å². The summed E-state index contributed by atoms with van der Waals surface area (Å²) in [7, 11) is 0. The lowest BCUT2D eigenvalue weighted by atomic mass is 9.80. The summed E-state index contributed by atoms with van der Waals surface area (Å²) in [5, 5.41) is 8.68. The second kappa shape index (κ2) is 16.8. The number of likely N-dealkylation sites (tertiary alicyclic amines) is 1. The van der Waals surface area contributed by atoms with Gasteiger partial charge < -0.3 is 36.1 Å². The maximum Gasteiger partial charge on any atom is 0.508 e. The van der Waals surface area contributed by atoms with Crippen LogP contribution in [-0.2, 0) is 28.7 Å². The molecule has 3 aliphatic rings. The average molecular weight is 678 g/mol. The van der Waals surface area contributed by atoms with Crippen LogP contribution in [-0.4, -0.2) is 84.0 Å². The van der Waals surface area contributed by atoms with Crippen LogP contribution >= 0.6 is 0 Å². The minimum atomic E-state index is -1.10. The molecular formula is C35H59N5O8. The zero-order valence-electron chi connectivity index (χ0n) is 30.0. The number of amides is 5. The largest absolute Gasteiger partial charge is 0.508 e. The van der Waals surface area contributed by atoms with E-state index < -0.39 is 64.8 Å². The first-order chi connectivity index (χ1) is 22.4. The molecule has 2 saturated carbocycles. The Morgan fingerprint density at radius 3 is 2.08 bits per heavy atom. The van der Waals surface area contributed by atoms with Crippen molar-refractivity contribution in [3.8, 4) is 0 Å². The highest BCUT2D eigenvalue weighted by atomic mass is 16.7. The Labute approximate surface area is 285 Å². The summed E-state index contributed by atoms with van der Waals surface area (Å²) in [6, 6.07) is -3.51. The lowest BCUT2D eigenvalue weighted by Crippen LogP contribution is -2.63. The fourth-order valence-electron chi connectivity index (χ4n) is 6.81. The van der Waals surface area contributed by atoms with Crippen molar-refractivity contribution in [3.63, 3.8) is 0 Å². The highest BCUT2D eigenvalue weighted by Crippen LogP contribution is 2.34. The van der Waals surface area contributed by atoms with Crippen molar-refractivity contribution in [1.82, 2.24) is 20.9 Å². The summed E-state index contributed by atoms with van der Waals surface area (Å²) >= 11 is 0. The molecule has 0 aromatic rings. The van der Waals surface area contributed by atoms with Crippen LogP contribution in [0.5, 0.6) is 0 Å². The van der Waals surface area contributed by atoms with Gasteiger partial charge in [-0.1, -0.05) is 87.0 Å². The van der Waals surface area contributed by atoms with E-state index in [0.29, 0.717) is 32.2 Å². The fraction of sp³-hybridized carbons (Fsp3) is 0.829. The Kier molecular flexibility index (Phi) is 13.7. The second-order valence-electron chi connectivity index (χ2n) is 16.1. The minimum absolute atomic E-state index is 0.00850. The fourth-order valence-corrected chi connectivity index (χ4v) is 6.81. The van der Waals surface area contributed by atoms with E-state index in [1.165, 1.54) is 4.90 Å². The number of carbonyl (C=O) groups is 6. The van der Waals surface area contributed by atoms with Gasteiger partial charge >= 0.3 is 12.2 Å². The number of hydrogen-bond acceptors (Lipinski definition) is 8. The number of primary amides is 1. The molecule has 13 heteroatoms. The normalized spacial score (nSPS) is 22.3. The summed E-state index contributed by atoms with van der Waals surface area (Å²) < 4.78 is 10.6. The highest BCUT2D eigenvalue weighted by molar-refractivity contribution is 6.37. The average Bonchev–Trinajstić information content (AvgIpc) is 3.44. The Hall–Kier alpha value is -3.38. The predicted molar refractivity (Wildman–Crippen MR) is 179 cm³/mol. The summed E-state index contributed by atoms with van der Waals surface area (Å²) in [6.07, 6.45) is 6.66. The van der Waals surface area contributed by atoms with Gasteiger partial charge in [-0.2, -0.15) is 0 Å². The first-order valence-corrected chi connectivity index (χ1v) is 17.7. The second-order valence-corrected chi connectivity index (χ2v) is 16.1. The van der Waals surface area contributed by atoms with Crippen LogP contribution in [0.25, 0.3) is 0 Å². The first-order valence-electron chi connectivity index (χ1n) is 17.7. The zero-order chi connectivity index (χ0) is 35.8. The van der Waals surface area contributed by atoms with Crippen molar-refractivity contribution < 1.29 is 38.2 Å². The third-order valence-corrected chi connectivity index (χ3v) is 10.1. The van der Waals surface area contributed by atoms with Crippen LogP contribution in [0.3, 0.4) is 0 Å². The molecule has 5 amide bonds. The number of nitrogens with zero attached hydrogens (tertiary/aromatic N) is 1. The standard InChI is InChI=1S/C35H59N5O8/c1-21(2)19-47-33(46)48-20-35(14-9-8-10-15-35)39-32(45)38-28(34(5,6)7)31(44)40-18-24(22(3)4)17-26(40)30(43)37-25(27(41)29(36)42)16-23-12-11-13-23/h21-26,28H,8-20H2,1-7H3,(H2,36,42)(H,37,43)(H2,38,39,45)/t24-,25?,26?,28?/m1/s1. The number of rotatable bonds is 14. The molecule has 3 fully saturated rings. The molecule has 3 rings (SSSR count). The predicted octanol–water partition coefficient (Wildman–Crippen LogP) is 3.81.